The minimum atomic E-state index is -0.902. The number of hydrogen-bond donors (Lipinski definition) is 1. The zero-order valence-corrected chi connectivity index (χ0v) is 12.5. The summed E-state index contributed by atoms with van der Waals surface area (Å²) in [5, 5.41) is 10.1. The third kappa shape index (κ3) is 5.89. The van der Waals surface area contributed by atoms with E-state index in [0.29, 0.717) is 19.6 Å². The van der Waals surface area contributed by atoms with E-state index >= 15 is 0 Å². The van der Waals surface area contributed by atoms with Crippen molar-refractivity contribution in [2.24, 2.45) is 5.92 Å². The highest BCUT2D eigenvalue weighted by Gasteiger charge is 2.28. The van der Waals surface area contributed by atoms with Crippen LogP contribution < -0.4 is 0 Å². The fourth-order valence-electron chi connectivity index (χ4n) is 2.23. The molecule has 0 amide bonds. The van der Waals surface area contributed by atoms with E-state index in [-0.39, 0.29) is 17.5 Å². The number of carbonyl (C=O) groups excluding carboxylic acids is 1. The number of nitrogens with zero attached hydrogens (tertiary/aromatic N) is 1. The van der Waals surface area contributed by atoms with Crippen molar-refractivity contribution in [3.8, 4) is 0 Å². The highest BCUT2D eigenvalue weighted by atomic mass is 16.6. The molecule has 1 N–H and O–H groups in total. The number of ether oxygens (including phenoxy) is 2. The quantitative estimate of drug-likeness (QED) is 0.624. The van der Waals surface area contributed by atoms with Crippen molar-refractivity contribution in [3.63, 3.8) is 0 Å². The average molecular weight is 273 g/mol. The lowest BCUT2D eigenvalue weighted by Gasteiger charge is -2.31. The van der Waals surface area contributed by atoms with Crippen molar-refractivity contribution in [1.82, 2.24) is 4.90 Å². The molecule has 112 valence electrons. The van der Waals surface area contributed by atoms with Crippen LogP contribution in [0.25, 0.3) is 0 Å². The zero-order chi connectivity index (χ0) is 14.5. The molecule has 5 nitrogen and oxygen atoms in total. The van der Waals surface area contributed by atoms with Gasteiger partial charge in [-0.2, -0.15) is 0 Å². The van der Waals surface area contributed by atoms with E-state index in [1.54, 1.807) is 0 Å². The molecule has 0 saturated carbocycles. The summed E-state index contributed by atoms with van der Waals surface area (Å²) in [6.07, 6.45) is 1.50. The van der Waals surface area contributed by atoms with E-state index in [4.69, 9.17) is 9.47 Å². The summed E-state index contributed by atoms with van der Waals surface area (Å²) in [6, 6.07) is 0. The first-order valence-corrected chi connectivity index (χ1v) is 7.10. The van der Waals surface area contributed by atoms with Gasteiger partial charge in [0.15, 0.2) is 0 Å². The van der Waals surface area contributed by atoms with E-state index in [9.17, 15) is 9.90 Å². The second-order valence-electron chi connectivity index (χ2n) is 5.97. The fourth-order valence-corrected chi connectivity index (χ4v) is 2.23. The molecule has 1 aliphatic rings. The molecule has 0 aromatic carbocycles. The van der Waals surface area contributed by atoms with Gasteiger partial charge in [0.25, 0.3) is 0 Å². The standard InChI is InChI=1S/C14H27NO4/c1-5-18-12(16)11-7-6-9-15(10-8-11)13(17)19-14(2,3)4/h11,13,17H,5-10H2,1-4H3. The lowest BCUT2D eigenvalue weighted by atomic mass is 10.0. The van der Waals surface area contributed by atoms with Gasteiger partial charge in [-0.3, -0.25) is 9.69 Å². The Balaban J connectivity index is 2.47. The highest BCUT2D eigenvalue weighted by Crippen LogP contribution is 2.21. The van der Waals surface area contributed by atoms with Gasteiger partial charge in [0, 0.05) is 13.1 Å². The first kappa shape index (κ1) is 16.4. The van der Waals surface area contributed by atoms with Crippen molar-refractivity contribution in [1.29, 1.82) is 0 Å². The van der Waals surface area contributed by atoms with Crippen molar-refractivity contribution < 1.29 is 19.4 Å². The molecule has 0 radical (unpaired) electrons. The Bertz CT molecular complexity index is 288. The Morgan fingerprint density at radius 2 is 2.05 bits per heavy atom. The van der Waals surface area contributed by atoms with Gasteiger partial charge >= 0.3 is 5.97 Å². The van der Waals surface area contributed by atoms with Crippen LogP contribution in [0.5, 0.6) is 0 Å². The van der Waals surface area contributed by atoms with Crippen molar-refractivity contribution in [2.75, 3.05) is 19.7 Å². The van der Waals surface area contributed by atoms with Crippen molar-refractivity contribution >= 4 is 5.97 Å². The van der Waals surface area contributed by atoms with Crippen molar-refractivity contribution in [3.05, 3.63) is 0 Å². The normalized spacial score (nSPS) is 23.7. The van der Waals surface area contributed by atoms with E-state index in [2.05, 4.69) is 0 Å². The molecule has 1 saturated heterocycles. The summed E-state index contributed by atoms with van der Waals surface area (Å²) in [6.45, 7) is 9.38. The average Bonchev–Trinajstić information content (AvgIpc) is 2.52. The summed E-state index contributed by atoms with van der Waals surface area (Å²) in [5.41, 5.74) is -0.383. The van der Waals surface area contributed by atoms with Gasteiger partial charge in [-0.15, -0.1) is 0 Å². The summed E-state index contributed by atoms with van der Waals surface area (Å²) in [7, 11) is 0. The summed E-state index contributed by atoms with van der Waals surface area (Å²) >= 11 is 0. The predicted octanol–water partition coefficient (Wildman–Crippen LogP) is 1.74. The Labute approximate surface area is 115 Å². The maximum atomic E-state index is 11.7. The molecule has 0 aromatic heterocycles. The second-order valence-corrected chi connectivity index (χ2v) is 5.97. The molecule has 1 heterocycles. The van der Waals surface area contributed by atoms with Crippen LogP contribution in [0, 0.1) is 5.92 Å². The number of likely N-dealkylation sites (tertiary alicyclic amines) is 1. The number of rotatable bonds is 4. The Hall–Kier alpha value is -0.650. The zero-order valence-electron chi connectivity index (χ0n) is 12.5. The molecule has 19 heavy (non-hydrogen) atoms. The van der Waals surface area contributed by atoms with Crippen LogP contribution in [-0.4, -0.2) is 47.7 Å². The molecule has 0 spiro atoms. The number of aliphatic hydroxyl groups is 1. The van der Waals surface area contributed by atoms with Gasteiger partial charge in [-0.25, -0.2) is 0 Å². The molecule has 0 aromatic rings. The molecular weight excluding hydrogens is 246 g/mol. The van der Waals surface area contributed by atoms with Gasteiger partial charge in [0.05, 0.1) is 18.1 Å². The molecular formula is C14H27NO4. The Morgan fingerprint density at radius 3 is 2.63 bits per heavy atom. The fraction of sp³-hybridized carbons (Fsp3) is 0.929. The van der Waals surface area contributed by atoms with Crippen LogP contribution in [-0.2, 0) is 14.3 Å². The lowest BCUT2D eigenvalue weighted by molar-refractivity contribution is -0.238. The van der Waals surface area contributed by atoms with E-state index < -0.39 is 6.41 Å². The van der Waals surface area contributed by atoms with Gasteiger partial charge < -0.3 is 14.6 Å². The molecule has 1 aliphatic heterocycles. The molecule has 1 fully saturated rings. The topological polar surface area (TPSA) is 59.0 Å². The smallest absolute Gasteiger partial charge is 0.308 e. The summed E-state index contributed by atoms with van der Waals surface area (Å²) in [4.78, 5) is 13.6. The number of hydrogen-bond acceptors (Lipinski definition) is 5. The number of esters is 1. The predicted molar refractivity (Wildman–Crippen MR) is 72.4 cm³/mol. The lowest BCUT2D eigenvalue weighted by Crippen LogP contribution is -2.42. The molecule has 5 heteroatoms. The minimum Gasteiger partial charge on any atom is -0.466 e. The number of aliphatic hydroxyl groups excluding tert-OH is 1. The number of carbonyl (C=O) groups is 1. The van der Waals surface area contributed by atoms with E-state index in [1.807, 2.05) is 32.6 Å². The maximum Gasteiger partial charge on any atom is 0.308 e. The van der Waals surface area contributed by atoms with Crippen LogP contribution in [0.1, 0.15) is 47.0 Å². The van der Waals surface area contributed by atoms with E-state index in [0.717, 1.165) is 19.4 Å². The Morgan fingerprint density at radius 1 is 1.37 bits per heavy atom. The summed E-state index contributed by atoms with van der Waals surface area (Å²) in [5.74, 6) is -0.164. The van der Waals surface area contributed by atoms with Crippen LogP contribution in [0.15, 0.2) is 0 Å². The molecule has 1 rings (SSSR count). The molecule has 0 aliphatic carbocycles. The first-order valence-electron chi connectivity index (χ1n) is 7.10. The van der Waals surface area contributed by atoms with E-state index in [1.165, 1.54) is 0 Å². The largest absolute Gasteiger partial charge is 0.466 e. The third-order valence-electron chi connectivity index (χ3n) is 3.15. The maximum absolute atomic E-state index is 11.7. The van der Waals surface area contributed by atoms with Crippen LogP contribution in [0.4, 0.5) is 0 Å². The summed E-state index contributed by atoms with van der Waals surface area (Å²) < 4.78 is 10.6. The third-order valence-corrected chi connectivity index (χ3v) is 3.15. The molecule has 2 atom stereocenters. The van der Waals surface area contributed by atoms with Crippen molar-refractivity contribution in [2.45, 2.75) is 59.0 Å². The monoisotopic (exact) mass is 273 g/mol. The minimum absolute atomic E-state index is 0.0493. The van der Waals surface area contributed by atoms with Crippen LogP contribution >= 0.6 is 0 Å². The van der Waals surface area contributed by atoms with Gasteiger partial charge in [0.1, 0.15) is 0 Å². The van der Waals surface area contributed by atoms with Gasteiger partial charge in [-0.05, 0) is 47.0 Å². The van der Waals surface area contributed by atoms with Gasteiger partial charge in [-0.1, -0.05) is 0 Å². The SMILES string of the molecule is CCOC(=O)C1CCCN(C(O)OC(C)(C)C)CC1. The molecule has 2 unspecified atom stereocenters. The van der Waals surface area contributed by atoms with Gasteiger partial charge in [0.2, 0.25) is 6.41 Å². The Kier molecular flexibility index (Phi) is 6.23. The van der Waals surface area contributed by atoms with Crippen LogP contribution in [0.2, 0.25) is 0 Å². The molecule has 0 bridgehead atoms. The van der Waals surface area contributed by atoms with Crippen LogP contribution in [0.3, 0.4) is 0 Å². The first-order chi connectivity index (χ1) is 8.83. The second kappa shape index (κ2) is 7.22. The highest BCUT2D eigenvalue weighted by molar-refractivity contribution is 5.72.